The molecule has 182 valence electrons. The Balaban J connectivity index is 1.31. The van der Waals surface area contributed by atoms with Gasteiger partial charge in [-0.15, -0.1) is 0 Å². The number of nitrogens with zero attached hydrogens (tertiary/aromatic N) is 2. The van der Waals surface area contributed by atoms with Crippen molar-refractivity contribution in [3.63, 3.8) is 0 Å². The number of nitrogens with one attached hydrogen (secondary N) is 1. The molecule has 1 N–H and O–H groups in total. The van der Waals surface area contributed by atoms with E-state index in [0.29, 0.717) is 30.2 Å². The first-order valence-electron chi connectivity index (χ1n) is 10.6. The van der Waals surface area contributed by atoms with Crippen molar-refractivity contribution in [2.75, 3.05) is 19.8 Å². The predicted molar refractivity (Wildman–Crippen MR) is 117 cm³/mol. The highest BCUT2D eigenvalue weighted by molar-refractivity contribution is 7.89. The normalized spacial score (nSPS) is 14.4. The highest BCUT2D eigenvalue weighted by atomic mass is 32.2. The van der Waals surface area contributed by atoms with Gasteiger partial charge >= 0.3 is 12.5 Å². The monoisotopic (exact) mass is 495 g/mol. The van der Waals surface area contributed by atoms with Crippen LogP contribution in [-0.4, -0.2) is 43.7 Å². The fourth-order valence-electron chi connectivity index (χ4n) is 3.58. The average Bonchev–Trinajstić information content (AvgIpc) is 3.22. The second kappa shape index (κ2) is 9.94. The fraction of sp³-hybridized carbons (Fsp3) is 0.364. The van der Waals surface area contributed by atoms with Crippen molar-refractivity contribution < 1.29 is 36.2 Å². The van der Waals surface area contributed by atoms with Gasteiger partial charge in [-0.05, 0) is 37.6 Å². The second-order valence-corrected chi connectivity index (χ2v) is 9.31. The van der Waals surface area contributed by atoms with Crippen LogP contribution in [0.3, 0.4) is 0 Å². The standard InChI is InChI=1S/C22H23F2N3O6S/c1-14(21-26-16-5-2-3-6-17(16)27(21)22(23)24)33-20(28)7-4-10-25-34(29,30)15-8-9-18-19(13-15)32-12-11-31-18/h2-3,5-6,8-9,13-14,22,25H,4,7,10-12H2,1H3. The molecule has 12 heteroatoms. The number of aromatic nitrogens is 2. The number of halogens is 2. The molecule has 0 bridgehead atoms. The molecule has 34 heavy (non-hydrogen) atoms. The maximum absolute atomic E-state index is 13.6. The molecular weight excluding hydrogens is 472 g/mol. The van der Waals surface area contributed by atoms with Gasteiger partial charge in [-0.1, -0.05) is 12.1 Å². The molecule has 1 atom stereocenters. The summed E-state index contributed by atoms with van der Waals surface area (Å²) in [6.45, 7) is -0.679. The number of benzene rings is 2. The van der Waals surface area contributed by atoms with Crippen LogP contribution in [0.1, 0.15) is 38.2 Å². The van der Waals surface area contributed by atoms with E-state index in [4.69, 9.17) is 14.2 Å². The Bertz CT molecular complexity index is 1300. The Morgan fingerprint density at radius 3 is 2.68 bits per heavy atom. The second-order valence-electron chi connectivity index (χ2n) is 7.55. The van der Waals surface area contributed by atoms with Gasteiger partial charge in [0.05, 0.1) is 15.9 Å². The van der Waals surface area contributed by atoms with Crippen LogP contribution in [-0.2, 0) is 19.6 Å². The average molecular weight is 496 g/mol. The molecule has 9 nitrogen and oxygen atoms in total. The lowest BCUT2D eigenvalue weighted by molar-refractivity contribution is -0.149. The van der Waals surface area contributed by atoms with Crippen molar-refractivity contribution in [2.45, 2.75) is 37.3 Å². The summed E-state index contributed by atoms with van der Waals surface area (Å²) in [5.74, 6) is 0.103. The zero-order chi connectivity index (χ0) is 24.3. The summed E-state index contributed by atoms with van der Waals surface area (Å²) in [6.07, 6.45) is -0.966. The number of esters is 1. The van der Waals surface area contributed by atoms with Gasteiger partial charge in [0.15, 0.2) is 23.4 Å². The van der Waals surface area contributed by atoms with Crippen molar-refractivity contribution in [2.24, 2.45) is 0 Å². The summed E-state index contributed by atoms with van der Waals surface area (Å²) in [5, 5.41) is 0. The number of ether oxygens (including phenoxy) is 3. The van der Waals surface area contributed by atoms with E-state index in [1.165, 1.54) is 31.2 Å². The van der Waals surface area contributed by atoms with Gasteiger partial charge in [0.25, 0.3) is 0 Å². The summed E-state index contributed by atoms with van der Waals surface area (Å²) >= 11 is 0. The lowest BCUT2D eigenvalue weighted by Crippen LogP contribution is -2.26. The zero-order valence-corrected chi connectivity index (χ0v) is 19.1. The van der Waals surface area contributed by atoms with Crippen LogP contribution in [0.4, 0.5) is 8.78 Å². The van der Waals surface area contributed by atoms with E-state index in [-0.39, 0.29) is 35.6 Å². The van der Waals surface area contributed by atoms with Crippen LogP contribution >= 0.6 is 0 Å². The summed E-state index contributed by atoms with van der Waals surface area (Å²) in [7, 11) is -3.82. The van der Waals surface area contributed by atoms with Crippen LogP contribution in [0.15, 0.2) is 47.4 Å². The molecule has 0 fully saturated rings. The lowest BCUT2D eigenvalue weighted by atomic mass is 10.3. The molecule has 1 aromatic heterocycles. The quantitative estimate of drug-likeness (QED) is 0.357. The van der Waals surface area contributed by atoms with Gasteiger partial charge < -0.3 is 14.2 Å². The number of fused-ring (bicyclic) bond motifs is 2. The summed E-state index contributed by atoms with van der Waals surface area (Å²) in [6, 6.07) is 10.7. The van der Waals surface area contributed by atoms with E-state index in [9.17, 15) is 22.0 Å². The van der Waals surface area contributed by atoms with Crippen molar-refractivity contribution in [3.05, 3.63) is 48.3 Å². The van der Waals surface area contributed by atoms with E-state index in [1.54, 1.807) is 18.2 Å². The highest BCUT2D eigenvalue weighted by Gasteiger charge is 2.24. The van der Waals surface area contributed by atoms with Gasteiger partial charge in [-0.25, -0.2) is 18.1 Å². The van der Waals surface area contributed by atoms with Crippen molar-refractivity contribution in [1.29, 1.82) is 0 Å². The molecule has 1 aliphatic rings. The molecule has 0 aliphatic carbocycles. The molecular formula is C22H23F2N3O6S. The van der Waals surface area contributed by atoms with Crippen molar-refractivity contribution in [3.8, 4) is 11.5 Å². The van der Waals surface area contributed by atoms with E-state index < -0.39 is 28.6 Å². The topological polar surface area (TPSA) is 109 Å². The van der Waals surface area contributed by atoms with Gasteiger partial charge in [0, 0.05) is 19.0 Å². The molecule has 1 aliphatic heterocycles. The molecule has 2 heterocycles. The predicted octanol–water partition coefficient (Wildman–Crippen LogP) is 3.57. The Morgan fingerprint density at radius 2 is 1.91 bits per heavy atom. The summed E-state index contributed by atoms with van der Waals surface area (Å²) in [4.78, 5) is 16.4. The lowest BCUT2D eigenvalue weighted by Gasteiger charge is -2.19. The molecule has 0 saturated heterocycles. The van der Waals surface area contributed by atoms with E-state index >= 15 is 0 Å². The van der Waals surface area contributed by atoms with E-state index in [1.807, 2.05) is 0 Å². The van der Waals surface area contributed by atoms with Gasteiger partial charge in [-0.2, -0.15) is 8.78 Å². The number of carbonyl (C=O) groups excluding carboxylic acids is 1. The number of hydrogen-bond acceptors (Lipinski definition) is 7. The van der Waals surface area contributed by atoms with Gasteiger partial charge in [0.1, 0.15) is 13.2 Å². The number of alkyl halides is 2. The Hall–Kier alpha value is -3.25. The van der Waals surface area contributed by atoms with Crippen molar-refractivity contribution >= 4 is 27.0 Å². The third-order valence-electron chi connectivity index (χ3n) is 5.16. The van der Waals surface area contributed by atoms with Crippen LogP contribution in [0.25, 0.3) is 11.0 Å². The Kier molecular flexibility index (Phi) is 6.98. The zero-order valence-electron chi connectivity index (χ0n) is 18.2. The number of carbonyl (C=O) groups is 1. The minimum Gasteiger partial charge on any atom is -0.486 e. The number of rotatable bonds is 9. The number of para-hydroxylation sites is 2. The Labute approximate surface area is 194 Å². The first-order chi connectivity index (χ1) is 16.3. The molecule has 0 radical (unpaired) electrons. The smallest absolute Gasteiger partial charge is 0.320 e. The maximum atomic E-state index is 13.6. The number of imidazole rings is 1. The fourth-order valence-corrected chi connectivity index (χ4v) is 4.67. The molecule has 1 unspecified atom stereocenters. The molecule has 4 rings (SSSR count). The molecule has 0 saturated carbocycles. The van der Waals surface area contributed by atoms with Crippen molar-refractivity contribution in [1.82, 2.24) is 14.3 Å². The minimum absolute atomic E-state index is 0.0128. The van der Waals surface area contributed by atoms with Crippen LogP contribution in [0.5, 0.6) is 11.5 Å². The molecule has 0 spiro atoms. The third kappa shape index (κ3) is 5.12. The molecule has 0 amide bonds. The first-order valence-corrected chi connectivity index (χ1v) is 12.1. The summed E-state index contributed by atoms with van der Waals surface area (Å²) in [5.41, 5.74) is 0.609. The van der Waals surface area contributed by atoms with Crippen LogP contribution < -0.4 is 14.2 Å². The molecule has 2 aromatic carbocycles. The van der Waals surface area contributed by atoms with E-state index in [2.05, 4.69) is 9.71 Å². The first kappa shape index (κ1) is 23.9. The minimum atomic E-state index is -3.82. The maximum Gasteiger partial charge on any atom is 0.320 e. The largest absolute Gasteiger partial charge is 0.486 e. The SMILES string of the molecule is CC(OC(=O)CCCNS(=O)(=O)c1ccc2c(c1)OCCO2)c1nc2ccccc2n1C(F)F. The summed E-state index contributed by atoms with van der Waals surface area (Å²) < 4.78 is 71.4. The highest BCUT2D eigenvalue weighted by Crippen LogP contribution is 2.32. The number of sulfonamides is 1. The molecule has 3 aromatic rings. The van der Waals surface area contributed by atoms with Gasteiger partial charge in [-0.3, -0.25) is 9.36 Å². The van der Waals surface area contributed by atoms with Crippen LogP contribution in [0.2, 0.25) is 0 Å². The number of hydrogen-bond donors (Lipinski definition) is 1. The van der Waals surface area contributed by atoms with E-state index in [0.717, 1.165) is 4.57 Å². The van der Waals surface area contributed by atoms with Crippen LogP contribution in [0, 0.1) is 0 Å². The van der Waals surface area contributed by atoms with Gasteiger partial charge in [0.2, 0.25) is 10.0 Å². The third-order valence-corrected chi connectivity index (χ3v) is 6.62. The Morgan fingerprint density at radius 1 is 1.18 bits per heavy atom.